The van der Waals surface area contributed by atoms with Gasteiger partial charge in [-0.1, -0.05) is 49.1 Å². The second-order valence-electron chi connectivity index (χ2n) is 7.77. The molecule has 2 bridgehead atoms. The third-order valence-electron chi connectivity index (χ3n) is 5.22. The van der Waals surface area contributed by atoms with Crippen molar-refractivity contribution in [2.75, 3.05) is 0 Å². The first-order valence-electron chi connectivity index (χ1n) is 8.07. The third-order valence-corrected chi connectivity index (χ3v) is 9.98. The van der Waals surface area contributed by atoms with Crippen LogP contribution in [-0.2, 0) is 9.84 Å². The van der Waals surface area contributed by atoms with Gasteiger partial charge in [0.25, 0.3) is 0 Å². The number of carbonyl (C=O) groups excluding carboxylic acids is 1. The maximum atomic E-state index is 12.8. The summed E-state index contributed by atoms with van der Waals surface area (Å²) in [6, 6.07) is 8.00. The topological polar surface area (TPSA) is 51.2 Å². The second kappa shape index (κ2) is 5.30. The molecule has 0 saturated carbocycles. The van der Waals surface area contributed by atoms with Crippen LogP contribution in [0.4, 0.5) is 0 Å². The molecule has 0 radical (unpaired) electrons. The third kappa shape index (κ3) is 2.69. The molecule has 1 aromatic rings. The van der Waals surface area contributed by atoms with E-state index in [1.807, 2.05) is 18.2 Å². The SMILES string of the molecule is C[Si](C)(C)c1cccc(C(=O)C2CC3CCC(C2)S3(=O)=O)c1. The van der Waals surface area contributed by atoms with Crippen molar-refractivity contribution in [3.63, 3.8) is 0 Å². The van der Waals surface area contributed by atoms with Crippen LogP contribution >= 0.6 is 0 Å². The molecular weight excluding hydrogens is 312 g/mol. The molecule has 2 aliphatic rings. The first-order valence-corrected chi connectivity index (χ1v) is 13.2. The summed E-state index contributed by atoms with van der Waals surface area (Å²) in [7, 11) is -4.40. The molecule has 2 fully saturated rings. The van der Waals surface area contributed by atoms with Gasteiger partial charge in [0.05, 0.1) is 18.6 Å². The van der Waals surface area contributed by atoms with E-state index in [4.69, 9.17) is 0 Å². The van der Waals surface area contributed by atoms with Crippen LogP contribution in [0.5, 0.6) is 0 Å². The highest BCUT2D eigenvalue weighted by Crippen LogP contribution is 2.42. The molecule has 0 N–H and O–H groups in total. The minimum absolute atomic E-state index is 0.113. The van der Waals surface area contributed by atoms with E-state index in [2.05, 4.69) is 25.7 Å². The van der Waals surface area contributed by atoms with Crippen molar-refractivity contribution in [3.05, 3.63) is 29.8 Å². The number of fused-ring (bicyclic) bond motifs is 2. The van der Waals surface area contributed by atoms with Gasteiger partial charge in [0.15, 0.2) is 15.6 Å². The zero-order valence-corrected chi connectivity index (χ0v) is 15.3. The number of Topliss-reactive ketones (excluding diaryl/α,β-unsaturated/α-hetero) is 1. The summed E-state index contributed by atoms with van der Waals surface area (Å²) < 4.78 is 24.3. The summed E-state index contributed by atoms with van der Waals surface area (Å²) in [6.07, 6.45) is 2.53. The van der Waals surface area contributed by atoms with Gasteiger partial charge in [0, 0.05) is 11.5 Å². The predicted octanol–water partition coefficient (Wildman–Crippen LogP) is 2.77. The van der Waals surface area contributed by atoms with Gasteiger partial charge in [-0.05, 0) is 25.7 Å². The quantitative estimate of drug-likeness (QED) is 0.630. The summed E-state index contributed by atoms with van der Waals surface area (Å²) >= 11 is 0. The predicted molar refractivity (Wildman–Crippen MR) is 92.2 cm³/mol. The Balaban J connectivity index is 1.84. The fourth-order valence-corrected chi connectivity index (χ4v) is 7.46. The molecule has 120 valence electrons. The normalized spacial score (nSPS) is 30.2. The van der Waals surface area contributed by atoms with Crippen LogP contribution in [0.2, 0.25) is 19.6 Å². The molecule has 5 heteroatoms. The molecule has 2 aliphatic heterocycles. The summed E-state index contributed by atoms with van der Waals surface area (Å²) in [6.45, 7) is 6.80. The number of carbonyl (C=O) groups is 1. The van der Waals surface area contributed by atoms with Crippen molar-refractivity contribution < 1.29 is 13.2 Å². The summed E-state index contributed by atoms with van der Waals surface area (Å²) in [5.41, 5.74) is 0.767. The molecule has 3 nitrogen and oxygen atoms in total. The van der Waals surface area contributed by atoms with E-state index < -0.39 is 17.9 Å². The van der Waals surface area contributed by atoms with Gasteiger partial charge in [0.1, 0.15) is 0 Å². The largest absolute Gasteiger partial charge is 0.294 e. The number of rotatable bonds is 3. The Labute approximate surface area is 134 Å². The van der Waals surface area contributed by atoms with Gasteiger partial charge in [0.2, 0.25) is 0 Å². The molecule has 0 aromatic heterocycles. The molecule has 0 aliphatic carbocycles. The van der Waals surface area contributed by atoms with Crippen molar-refractivity contribution >= 4 is 28.9 Å². The van der Waals surface area contributed by atoms with Crippen molar-refractivity contribution in [3.8, 4) is 0 Å². The van der Waals surface area contributed by atoms with Crippen LogP contribution in [0.15, 0.2) is 24.3 Å². The highest BCUT2D eigenvalue weighted by Gasteiger charge is 2.48. The first-order chi connectivity index (χ1) is 10.2. The van der Waals surface area contributed by atoms with Crippen LogP contribution in [0, 0.1) is 5.92 Å². The Morgan fingerprint density at radius 2 is 1.68 bits per heavy atom. The second-order valence-corrected chi connectivity index (χ2v) is 15.4. The van der Waals surface area contributed by atoms with Gasteiger partial charge in [-0.2, -0.15) is 0 Å². The fourth-order valence-electron chi connectivity index (χ4n) is 3.80. The van der Waals surface area contributed by atoms with E-state index in [-0.39, 0.29) is 22.2 Å². The lowest BCUT2D eigenvalue weighted by molar-refractivity contribution is 0.0905. The summed E-state index contributed by atoms with van der Waals surface area (Å²) in [4.78, 5) is 12.8. The van der Waals surface area contributed by atoms with Gasteiger partial charge in [-0.15, -0.1) is 0 Å². The Morgan fingerprint density at radius 3 is 2.23 bits per heavy atom. The van der Waals surface area contributed by atoms with E-state index in [0.717, 1.165) is 18.4 Å². The fraction of sp³-hybridized carbons (Fsp3) is 0.588. The Kier molecular flexibility index (Phi) is 3.84. The molecule has 2 saturated heterocycles. The van der Waals surface area contributed by atoms with Crippen molar-refractivity contribution in [1.82, 2.24) is 0 Å². The highest BCUT2D eigenvalue weighted by atomic mass is 32.2. The van der Waals surface area contributed by atoms with E-state index in [1.165, 1.54) is 5.19 Å². The molecule has 22 heavy (non-hydrogen) atoms. The average molecular weight is 337 g/mol. The van der Waals surface area contributed by atoms with E-state index in [9.17, 15) is 13.2 Å². The van der Waals surface area contributed by atoms with Gasteiger partial charge in [-0.3, -0.25) is 4.79 Å². The van der Waals surface area contributed by atoms with Crippen molar-refractivity contribution in [1.29, 1.82) is 0 Å². The lowest BCUT2D eigenvalue weighted by atomic mass is 9.90. The zero-order chi connectivity index (χ0) is 16.1. The minimum Gasteiger partial charge on any atom is -0.294 e. The van der Waals surface area contributed by atoms with Gasteiger partial charge < -0.3 is 0 Å². The Hall–Kier alpha value is -0.943. The Morgan fingerprint density at radius 1 is 1.09 bits per heavy atom. The molecule has 2 unspecified atom stereocenters. The molecule has 1 aromatic carbocycles. The van der Waals surface area contributed by atoms with E-state index in [1.54, 1.807) is 0 Å². The monoisotopic (exact) mass is 336 g/mol. The molecule has 2 heterocycles. The molecular formula is C17H24O3SSi. The zero-order valence-electron chi connectivity index (χ0n) is 13.5. The smallest absolute Gasteiger partial charge is 0.166 e. The summed E-state index contributed by atoms with van der Waals surface area (Å²) in [5.74, 6) is 0.0322. The maximum Gasteiger partial charge on any atom is 0.166 e. The highest BCUT2D eigenvalue weighted by molar-refractivity contribution is 7.93. The molecule has 0 spiro atoms. The first kappa shape index (κ1) is 15.9. The van der Waals surface area contributed by atoms with Crippen LogP contribution in [0.25, 0.3) is 0 Å². The van der Waals surface area contributed by atoms with Crippen LogP contribution in [0.1, 0.15) is 36.0 Å². The standard InChI is InChI=1S/C17H24O3SSi/c1-22(2,3)16-6-4-5-12(11-16)17(18)13-9-14-7-8-15(10-13)21(14,19)20/h4-6,11,13-15H,7-10H2,1-3H3. The lowest BCUT2D eigenvalue weighted by Gasteiger charge is -2.27. The molecule has 2 atom stereocenters. The van der Waals surface area contributed by atoms with Gasteiger partial charge in [-0.25, -0.2) is 8.42 Å². The molecule has 0 amide bonds. The number of hydrogen-bond donors (Lipinski definition) is 0. The Bertz CT molecular complexity index is 683. The van der Waals surface area contributed by atoms with Crippen LogP contribution < -0.4 is 5.19 Å². The van der Waals surface area contributed by atoms with Crippen molar-refractivity contribution in [2.24, 2.45) is 5.92 Å². The average Bonchev–Trinajstić information content (AvgIpc) is 2.66. The van der Waals surface area contributed by atoms with E-state index in [0.29, 0.717) is 12.8 Å². The number of sulfone groups is 1. The van der Waals surface area contributed by atoms with Crippen LogP contribution in [0.3, 0.4) is 0 Å². The minimum atomic E-state index is -2.95. The lowest BCUT2D eigenvalue weighted by Crippen LogP contribution is -2.39. The maximum absolute atomic E-state index is 12.8. The number of hydrogen-bond acceptors (Lipinski definition) is 3. The number of benzene rings is 1. The van der Waals surface area contributed by atoms with E-state index >= 15 is 0 Å². The summed E-state index contributed by atoms with van der Waals surface area (Å²) in [5, 5.41) is 0.727. The van der Waals surface area contributed by atoms with Crippen LogP contribution in [-0.4, -0.2) is 32.8 Å². The van der Waals surface area contributed by atoms with Gasteiger partial charge >= 0.3 is 0 Å². The van der Waals surface area contributed by atoms with Crippen molar-refractivity contribution in [2.45, 2.75) is 55.8 Å². The molecule has 3 rings (SSSR count). The number of ketones is 1.